The number of benzene rings is 3. The Balaban J connectivity index is 0.000000190. The Hall–Kier alpha value is -5.29. The number of alkyl halides is 1. The smallest absolute Gasteiger partial charge is 0.176 e. The minimum absolute atomic E-state index is 0.0463. The van der Waals surface area contributed by atoms with E-state index >= 15 is 0 Å². The van der Waals surface area contributed by atoms with Gasteiger partial charge in [-0.15, -0.1) is 0 Å². The van der Waals surface area contributed by atoms with Crippen molar-refractivity contribution in [2.45, 2.75) is 59.2 Å². The number of aromatic nitrogens is 6. The average molecular weight is 742 g/mol. The van der Waals surface area contributed by atoms with Crippen molar-refractivity contribution < 1.29 is 18.8 Å². The number of nitrogens with one attached hydrogen (secondary N) is 1. The van der Waals surface area contributed by atoms with Gasteiger partial charge < -0.3 is 14.1 Å². The third-order valence-corrected chi connectivity index (χ3v) is 7.58. The standard InChI is InChI=1S/C13H13BrN2O.C13H14N2O.C9H9FO.C4H6N2/c1-9-7-16(8-15-9)12-5-3-11(4-6-12)13(17)10(2)14;1-3-13(16)11-4-6-12(7-5-11)15-8-10(2)14-9-15;1-2-9(11)7-3-5-8(10)6-4-7;1-4-2-5-3-6-4/h3-8,10H,1-2H3;4-9H,3H2,1-2H3;3-6H,2H2,1H3;2-3H,1H3,(H,5,6). The SMILES string of the molecule is CCC(=O)c1ccc(-n2cnc(C)c2)cc1.CCC(=O)c1ccc(F)cc1.Cc1cn(-c2ccc(C(=O)C(C)Br)cc2)cn1.Cc1cnc[nH]1. The number of hydrogen-bond acceptors (Lipinski definition) is 6. The molecule has 6 rings (SSSR count). The zero-order valence-electron chi connectivity index (χ0n) is 29.1. The Morgan fingerprint density at radius 2 is 1.14 bits per heavy atom. The summed E-state index contributed by atoms with van der Waals surface area (Å²) >= 11 is 3.28. The first kappa shape index (κ1) is 39.2. The highest BCUT2D eigenvalue weighted by molar-refractivity contribution is 9.10. The first-order valence-electron chi connectivity index (χ1n) is 16.1. The molecule has 0 spiro atoms. The number of nitrogens with zero attached hydrogens (tertiary/aromatic N) is 5. The van der Waals surface area contributed by atoms with Crippen LogP contribution in [0.3, 0.4) is 0 Å². The molecule has 6 aromatic rings. The number of halogens is 2. The number of ketones is 3. The van der Waals surface area contributed by atoms with Gasteiger partial charge in [0.05, 0.1) is 35.2 Å². The van der Waals surface area contributed by atoms with Crippen molar-refractivity contribution >= 4 is 33.3 Å². The molecule has 0 amide bonds. The molecule has 0 aliphatic rings. The fraction of sp³-hybridized carbons (Fsp3) is 0.231. The van der Waals surface area contributed by atoms with Gasteiger partial charge in [-0.2, -0.15) is 0 Å². The molecule has 0 saturated carbocycles. The Bertz CT molecular complexity index is 1930. The summed E-state index contributed by atoms with van der Waals surface area (Å²) in [4.78, 5) is 49.0. The van der Waals surface area contributed by atoms with Crippen molar-refractivity contribution in [3.8, 4) is 11.4 Å². The number of aryl methyl sites for hydroxylation is 3. The molecule has 0 radical (unpaired) electrons. The molecule has 3 aromatic carbocycles. The minimum atomic E-state index is -0.308. The highest BCUT2D eigenvalue weighted by Crippen LogP contribution is 2.15. The highest BCUT2D eigenvalue weighted by atomic mass is 79.9. The van der Waals surface area contributed by atoms with Crippen molar-refractivity contribution in [1.82, 2.24) is 29.1 Å². The lowest BCUT2D eigenvalue weighted by molar-refractivity contribution is 0.0980. The average Bonchev–Trinajstić information content (AvgIpc) is 3.91. The van der Waals surface area contributed by atoms with E-state index in [1.807, 2.05) is 105 Å². The zero-order chi connectivity index (χ0) is 36.6. The molecule has 0 aliphatic heterocycles. The molecule has 0 fully saturated rings. The second kappa shape index (κ2) is 19.6. The van der Waals surface area contributed by atoms with Crippen molar-refractivity contribution in [1.29, 1.82) is 0 Å². The fourth-order valence-electron chi connectivity index (χ4n) is 4.34. The summed E-state index contributed by atoms with van der Waals surface area (Å²) in [5, 5.41) is 0. The number of rotatable bonds is 8. The molecule has 1 unspecified atom stereocenters. The van der Waals surface area contributed by atoms with E-state index in [4.69, 9.17) is 0 Å². The summed E-state index contributed by atoms with van der Waals surface area (Å²) in [7, 11) is 0. The number of carbonyl (C=O) groups is 3. The summed E-state index contributed by atoms with van der Waals surface area (Å²) in [6.45, 7) is 11.3. The maximum absolute atomic E-state index is 12.3. The van der Waals surface area contributed by atoms with Gasteiger partial charge in [-0.05, 0) is 100 Å². The molecule has 50 heavy (non-hydrogen) atoms. The Labute approximate surface area is 300 Å². The molecule has 3 heterocycles. The molecule has 11 heteroatoms. The van der Waals surface area contributed by atoms with Crippen LogP contribution in [0.15, 0.2) is 110 Å². The number of carbonyl (C=O) groups excluding carboxylic acids is 3. The Kier molecular flexibility index (Phi) is 15.4. The molecule has 260 valence electrons. The number of imidazole rings is 3. The summed E-state index contributed by atoms with van der Waals surface area (Å²) in [5.41, 5.74) is 7.15. The fourth-order valence-corrected chi connectivity index (χ4v) is 4.61. The third kappa shape index (κ3) is 12.3. The van der Waals surface area contributed by atoms with E-state index in [9.17, 15) is 18.8 Å². The van der Waals surface area contributed by atoms with Gasteiger partial charge in [-0.25, -0.2) is 19.3 Å². The zero-order valence-corrected chi connectivity index (χ0v) is 30.7. The van der Waals surface area contributed by atoms with Crippen LogP contribution < -0.4 is 0 Å². The number of H-pyrrole nitrogens is 1. The molecule has 1 atom stereocenters. The van der Waals surface area contributed by atoms with E-state index in [1.54, 1.807) is 32.1 Å². The van der Waals surface area contributed by atoms with Crippen LogP contribution in [0, 0.1) is 26.6 Å². The monoisotopic (exact) mass is 740 g/mol. The van der Waals surface area contributed by atoms with Gasteiger partial charge in [0, 0.05) is 65.2 Å². The van der Waals surface area contributed by atoms with E-state index in [0.717, 1.165) is 39.6 Å². The molecule has 0 saturated heterocycles. The van der Waals surface area contributed by atoms with E-state index in [0.29, 0.717) is 18.4 Å². The van der Waals surface area contributed by atoms with Gasteiger partial charge >= 0.3 is 0 Å². The van der Waals surface area contributed by atoms with Crippen LogP contribution in [0.4, 0.5) is 4.39 Å². The molecule has 0 bridgehead atoms. The highest BCUT2D eigenvalue weighted by Gasteiger charge is 2.11. The van der Waals surface area contributed by atoms with Crippen LogP contribution in [-0.2, 0) is 0 Å². The maximum atomic E-state index is 12.3. The van der Waals surface area contributed by atoms with E-state index < -0.39 is 0 Å². The number of aromatic amines is 1. The summed E-state index contributed by atoms with van der Waals surface area (Å²) in [6, 6.07) is 20.7. The molecular formula is C39H42BrFN6O3. The van der Waals surface area contributed by atoms with Crippen LogP contribution in [0.5, 0.6) is 0 Å². The van der Waals surface area contributed by atoms with E-state index in [1.165, 1.54) is 24.3 Å². The Morgan fingerprint density at radius 3 is 1.44 bits per heavy atom. The van der Waals surface area contributed by atoms with Gasteiger partial charge in [0.1, 0.15) is 5.82 Å². The van der Waals surface area contributed by atoms with E-state index in [2.05, 4.69) is 35.9 Å². The lowest BCUT2D eigenvalue weighted by Gasteiger charge is -2.05. The lowest BCUT2D eigenvalue weighted by Crippen LogP contribution is -2.09. The second-order valence-electron chi connectivity index (χ2n) is 11.2. The van der Waals surface area contributed by atoms with Gasteiger partial charge in [-0.3, -0.25) is 14.4 Å². The van der Waals surface area contributed by atoms with E-state index in [-0.39, 0.29) is 28.0 Å². The second-order valence-corrected chi connectivity index (χ2v) is 12.6. The molecule has 0 aliphatic carbocycles. The molecular weight excluding hydrogens is 699 g/mol. The summed E-state index contributed by atoms with van der Waals surface area (Å²) in [6.07, 6.45) is 11.9. The minimum Gasteiger partial charge on any atom is -0.349 e. The normalized spacial score (nSPS) is 10.7. The van der Waals surface area contributed by atoms with Crippen molar-refractivity contribution in [2.75, 3.05) is 0 Å². The predicted molar refractivity (Wildman–Crippen MR) is 198 cm³/mol. The topological polar surface area (TPSA) is 116 Å². The van der Waals surface area contributed by atoms with Crippen molar-refractivity contribution in [3.63, 3.8) is 0 Å². The number of hydrogen-bond donors (Lipinski definition) is 1. The van der Waals surface area contributed by atoms with Crippen LogP contribution in [0.2, 0.25) is 0 Å². The lowest BCUT2D eigenvalue weighted by atomic mass is 10.1. The first-order chi connectivity index (χ1) is 23.9. The van der Waals surface area contributed by atoms with Crippen LogP contribution >= 0.6 is 15.9 Å². The van der Waals surface area contributed by atoms with Crippen LogP contribution in [-0.4, -0.2) is 51.2 Å². The largest absolute Gasteiger partial charge is 0.349 e. The van der Waals surface area contributed by atoms with Gasteiger partial charge in [0.25, 0.3) is 0 Å². The first-order valence-corrected chi connectivity index (χ1v) is 17.0. The quantitative estimate of drug-likeness (QED) is 0.123. The van der Waals surface area contributed by atoms with Gasteiger partial charge in [-0.1, -0.05) is 29.8 Å². The van der Waals surface area contributed by atoms with Crippen molar-refractivity contribution in [2.24, 2.45) is 0 Å². The summed E-state index contributed by atoms with van der Waals surface area (Å²) < 4.78 is 16.2. The molecule has 3 aromatic heterocycles. The summed E-state index contributed by atoms with van der Waals surface area (Å²) in [5.74, 6) is 0.00868. The van der Waals surface area contributed by atoms with Gasteiger partial charge in [0.2, 0.25) is 0 Å². The van der Waals surface area contributed by atoms with Crippen LogP contribution in [0.25, 0.3) is 11.4 Å². The van der Waals surface area contributed by atoms with Crippen LogP contribution in [0.1, 0.15) is 81.8 Å². The molecule has 9 nitrogen and oxygen atoms in total. The van der Waals surface area contributed by atoms with Crippen molar-refractivity contribution in [3.05, 3.63) is 150 Å². The molecule has 1 N–H and O–H groups in total. The Morgan fingerprint density at radius 1 is 0.720 bits per heavy atom. The predicted octanol–water partition coefficient (Wildman–Crippen LogP) is 9.06. The number of Topliss-reactive ketones (excluding diaryl/α,β-unsaturated/α-hetero) is 3. The maximum Gasteiger partial charge on any atom is 0.176 e. The van der Waals surface area contributed by atoms with Gasteiger partial charge in [0.15, 0.2) is 17.3 Å². The third-order valence-electron chi connectivity index (χ3n) is 7.17.